The van der Waals surface area contributed by atoms with E-state index < -0.39 is 24.3 Å². The predicted octanol–water partition coefficient (Wildman–Crippen LogP) is 2.97. The van der Waals surface area contributed by atoms with Gasteiger partial charge in [-0.05, 0) is 25.0 Å². The average Bonchev–Trinajstić information content (AvgIpc) is 2.35. The number of anilines is 1. The van der Waals surface area contributed by atoms with E-state index in [9.17, 15) is 17.6 Å². The number of nitrogens with zero attached hydrogens (tertiary/aromatic N) is 1. The number of phenols is 1. The molecule has 3 nitrogen and oxygen atoms in total. The highest BCUT2D eigenvalue weighted by atomic mass is 19.4. The quantitative estimate of drug-likeness (QED) is 0.664. The molecule has 20 heavy (non-hydrogen) atoms. The van der Waals surface area contributed by atoms with Crippen molar-refractivity contribution in [3.05, 3.63) is 24.0 Å². The monoisotopic (exact) mass is 292 g/mol. The summed E-state index contributed by atoms with van der Waals surface area (Å²) >= 11 is 0. The van der Waals surface area contributed by atoms with Crippen LogP contribution in [0.5, 0.6) is 5.75 Å². The van der Waals surface area contributed by atoms with Crippen LogP contribution in [0, 0.1) is 5.82 Å². The third-order valence-corrected chi connectivity index (χ3v) is 3.31. The summed E-state index contributed by atoms with van der Waals surface area (Å²) in [5.41, 5.74) is 0.523. The molecule has 2 rings (SSSR count). The summed E-state index contributed by atoms with van der Waals surface area (Å²) in [5.74, 6) is -1.14. The van der Waals surface area contributed by atoms with Gasteiger partial charge in [0.25, 0.3) is 0 Å². The summed E-state index contributed by atoms with van der Waals surface area (Å²) < 4.78 is 49.9. The summed E-state index contributed by atoms with van der Waals surface area (Å²) in [6, 6.07) is 3.98. The largest absolute Gasteiger partial charge is 0.505 e. The Kier molecular flexibility index (Phi) is 4.37. The van der Waals surface area contributed by atoms with E-state index in [4.69, 9.17) is 5.11 Å². The van der Waals surface area contributed by atoms with Gasteiger partial charge in [-0.3, -0.25) is 4.90 Å². The van der Waals surface area contributed by atoms with Gasteiger partial charge in [-0.2, -0.15) is 13.2 Å². The third kappa shape index (κ3) is 4.26. The Morgan fingerprint density at radius 2 is 1.90 bits per heavy atom. The number of nitrogens with one attached hydrogen (secondary N) is 1. The summed E-state index contributed by atoms with van der Waals surface area (Å²) in [6.07, 6.45) is -3.03. The fraction of sp³-hybridized carbons (Fsp3) is 0.538. The van der Waals surface area contributed by atoms with Crippen LogP contribution in [0.4, 0.5) is 23.2 Å². The van der Waals surface area contributed by atoms with Crippen molar-refractivity contribution in [1.29, 1.82) is 0 Å². The molecule has 1 aliphatic heterocycles. The molecule has 0 radical (unpaired) electrons. The first-order valence-electron chi connectivity index (χ1n) is 6.37. The molecule has 0 atom stereocenters. The van der Waals surface area contributed by atoms with E-state index in [1.807, 2.05) is 0 Å². The van der Waals surface area contributed by atoms with Crippen molar-refractivity contribution >= 4 is 5.69 Å². The zero-order chi connectivity index (χ0) is 14.8. The van der Waals surface area contributed by atoms with Gasteiger partial charge in [-0.15, -0.1) is 0 Å². The Morgan fingerprint density at radius 1 is 1.25 bits per heavy atom. The van der Waals surface area contributed by atoms with Crippen LogP contribution in [-0.2, 0) is 0 Å². The zero-order valence-corrected chi connectivity index (χ0v) is 10.8. The number of halogens is 4. The minimum absolute atomic E-state index is 0.0171. The van der Waals surface area contributed by atoms with Gasteiger partial charge in [0.15, 0.2) is 11.6 Å². The lowest BCUT2D eigenvalue weighted by atomic mass is 10.0. The number of benzene rings is 1. The van der Waals surface area contributed by atoms with Gasteiger partial charge in [0.1, 0.15) is 0 Å². The second kappa shape index (κ2) is 5.87. The van der Waals surface area contributed by atoms with Gasteiger partial charge in [0.2, 0.25) is 0 Å². The van der Waals surface area contributed by atoms with E-state index in [1.54, 1.807) is 6.07 Å². The molecule has 1 fully saturated rings. The molecule has 1 saturated heterocycles. The third-order valence-electron chi connectivity index (χ3n) is 3.31. The molecule has 1 aromatic carbocycles. The molecule has 0 aromatic heterocycles. The van der Waals surface area contributed by atoms with Crippen molar-refractivity contribution in [2.24, 2.45) is 0 Å². The van der Waals surface area contributed by atoms with Crippen molar-refractivity contribution in [2.75, 3.05) is 25.0 Å². The lowest BCUT2D eigenvalue weighted by molar-refractivity contribution is -0.147. The van der Waals surface area contributed by atoms with Crippen LogP contribution in [0.25, 0.3) is 0 Å². The molecular weight excluding hydrogens is 276 g/mol. The second-order valence-corrected chi connectivity index (χ2v) is 4.98. The van der Waals surface area contributed by atoms with E-state index in [0.29, 0.717) is 31.6 Å². The smallest absolute Gasteiger partial charge is 0.401 e. The highest BCUT2D eigenvalue weighted by Crippen LogP contribution is 2.23. The van der Waals surface area contributed by atoms with Crippen molar-refractivity contribution in [3.63, 3.8) is 0 Å². The first-order valence-corrected chi connectivity index (χ1v) is 6.37. The van der Waals surface area contributed by atoms with E-state index in [2.05, 4.69) is 5.32 Å². The molecule has 0 amide bonds. The summed E-state index contributed by atoms with van der Waals surface area (Å²) in [5, 5.41) is 12.1. The maximum Gasteiger partial charge on any atom is 0.401 e. The number of phenolic OH excluding ortho intramolecular Hbond substituents is 1. The van der Waals surface area contributed by atoms with Crippen LogP contribution in [0.1, 0.15) is 12.8 Å². The average molecular weight is 292 g/mol. The lowest BCUT2D eigenvalue weighted by Gasteiger charge is -2.33. The number of alkyl halides is 3. The molecule has 1 aromatic rings. The van der Waals surface area contributed by atoms with Gasteiger partial charge in [0, 0.05) is 30.9 Å². The molecule has 1 heterocycles. The molecule has 1 aliphatic rings. The topological polar surface area (TPSA) is 35.5 Å². The fourth-order valence-electron chi connectivity index (χ4n) is 2.32. The Balaban J connectivity index is 1.83. The minimum atomic E-state index is -4.17. The molecular formula is C13H16F4N2O. The van der Waals surface area contributed by atoms with E-state index in [-0.39, 0.29) is 6.04 Å². The molecule has 7 heteroatoms. The Bertz CT molecular complexity index is 456. The minimum Gasteiger partial charge on any atom is -0.505 e. The Morgan fingerprint density at radius 3 is 2.45 bits per heavy atom. The van der Waals surface area contributed by atoms with Crippen LogP contribution < -0.4 is 5.32 Å². The SMILES string of the molecule is Oc1ccc(NC2CCN(CC(F)(F)F)CC2)cc1F. The van der Waals surface area contributed by atoms with Crippen molar-refractivity contribution in [2.45, 2.75) is 25.1 Å². The number of hydrogen-bond donors (Lipinski definition) is 2. The zero-order valence-electron chi connectivity index (χ0n) is 10.8. The van der Waals surface area contributed by atoms with E-state index >= 15 is 0 Å². The van der Waals surface area contributed by atoms with Crippen molar-refractivity contribution in [3.8, 4) is 5.75 Å². The highest BCUT2D eigenvalue weighted by molar-refractivity contribution is 5.47. The van der Waals surface area contributed by atoms with Gasteiger partial charge in [-0.1, -0.05) is 0 Å². The normalized spacial score (nSPS) is 18.2. The first-order chi connectivity index (χ1) is 9.33. The van der Waals surface area contributed by atoms with Gasteiger partial charge in [0.05, 0.1) is 6.54 Å². The van der Waals surface area contributed by atoms with Crippen LogP contribution in [0.15, 0.2) is 18.2 Å². The molecule has 112 valence electrons. The Labute approximate surface area is 114 Å². The van der Waals surface area contributed by atoms with Crippen LogP contribution >= 0.6 is 0 Å². The molecule has 0 spiro atoms. The van der Waals surface area contributed by atoms with Crippen LogP contribution in [0.3, 0.4) is 0 Å². The maximum atomic E-state index is 13.2. The summed E-state index contributed by atoms with van der Waals surface area (Å²) in [7, 11) is 0. The summed E-state index contributed by atoms with van der Waals surface area (Å²) in [6.45, 7) is -0.164. The van der Waals surface area contributed by atoms with Crippen molar-refractivity contribution < 1.29 is 22.7 Å². The fourth-order valence-corrected chi connectivity index (χ4v) is 2.32. The van der Waals surface area contributed by atoms with E-state index in [0.717, 1.165) is 0 Å². The van der Waals surface area contributed by atoms with Crippen molar-refractivity contribution in [1.82, 2.24) is 4.90 Å². The number of piperidine rings is 1. The van der Waals surface area contributed by atoms with Gasteiger partial charge >= 0.3 is 6.18 Å². The molecule has 0 aliphatic carbocycles. The standard InChI is InChI=1S/C13H16F4N2O/c14-11-7-10(1-2-12(11)20)18-9-3-5-19(6-4-9)8-13(15,16)17/h1-2,7,9,18,20H,3-6,8H2. The molecule has 2 N–H and O–H groups in total. The first kappa shape index (κ1) is 14.9. The van der Waals surface area contributed by atoms with E-state index in [1.165, 1.54) is 17.0 Å². The Hall–Kier alpha value is -1.50. The maximum absolute atomic E-state index is 13.2. The predicted molar refractivity (Wildman–Crippen MR) is 67.2 cm³/mol. The molecule has 0 unspecified atom stereocenters. The van der Waals surface area contributed by atoms with Gasteiger partial charge < -0.3 is 10.4 Å². The number of rotatable bonds is 3. The van der Waals surface area contributed by atoms with Crippen LogP contribution in [0.2, 0.25) is 0 Å². The molecule has 0 bridgehead atoms. The summed E-state index contributed by atoms with van der Waals surface area (Å²) in [4.78, 5) is 1.37. The van der Waals surface area contributed by atoms with Crippen LogP contribution in [-0.4, -0.2) is 41.9 Å². The number of likely N-dealkylation sites (tertiary alicyclic amines) is 1. The number of hydrogen-bond acceptors (Lipinski definition) is 3. The lowest BCUT2D eigenvalue weighted by Crippen LogP contribution is -2.43. The molecule has 0 saturated carbocycles. The second-order valence-electron chi connectivity index (χ2n) is 4.98. The van der Waals surface area contributed by atoms with Gasteiger partial charge in [-0.25, -0.2) is 4.39 Å². The number of aromatic hydroxyl groups is 1. The highest BCUT2D eigenvalue weighted by Gasteiger charge is 2.32.